The van der Waals surface area contributed by atoms with Gasteiger partial charge in [-0.1, -0.05) is 0 Å². The fourth-order valence-corrected chi connectivity index (χ4v) is 3.08. The molecule has 8 nitrogen and oxygen atoms in total. The van der Waals surface area contributed by atoms with Crippen LogP contribution in [0.15, 0.2) is 47.4 Å². The topological polar surface area (TPSA) is 103 Å². The van der Waals surface area contributed by atoms with Crippen molar-refractivity contribution < 1.29 is 27.4 Å². The van der Waals surface area contributed by atoms with Gasteiger partial charge in [-0.3, -0.25) is 4.79 Å². The molecule has 0 saturated carbocycles. The van der Waals surface area contributed by atoms with Gasteiger partial charge in [0.05, 0.1) is 38.5 Å². The normalized spacial score (nSPS) is 10.9. The third-order valence-electron chi connectivity index (χ3n) is 3.48. The molecule has 0 aliphatic rings. The van der Waals surface area contributed by atoms with Gasteiger partial charge in [0.25, 0.3) is 0 Å². The van der Waals surface area contributed by atoms with Crippen LogP contribution in [0.25, 0.3) is 0 Å². The molecule has 0 spiro atoms. The first-order valence-electron chi connectivity index (χ1n) is 7.55. The van der Waals surface area contributed by atoms with E-state index in [1.165, 1.54) is 45.6 Å². The minimum Gasteiger partial charge on any atom is -0.497 e. The molecular weight excluding hydrogens is 360 g/mol. The van der Waals surface area contributed by atoms with Crippen LogP contribution in [0.4, 0.5) is 5.69 Å². The molecule has 140 valence electrons. The second-order valence-electron chi connectivity index (χ2n) is 5.11. The number of carbonyl (C=O) groups is 1. The molecule has 2 N–H and O–H groups in total. The Bertz CT molecular complexity index is 865. The van der Waals surface area contributed by atoms with Crippen LogP contribution in [-0.4, -0.2) is 42.2 Å². The van der Waals surface area contributed by atoms with E-state index in [0.29, 0.717) is 22.9 Å². The lowest BCUT2D eigenvalue weighted by Crippen LogP contribution is -2.33. The van der Waals surface area contributed by atoms with Crippen molar-refractivity contribution in [2.24, 2.45) is 0 Å². The lowest BCUT2D eigenvalue weighted by atomic mass is 10.2. The number of methoxy groups -OCH3 is 3. The number of hydrogen-bond donors (Lipinski definition) is 2. The third-order valence-corrected chi connectivity index (χ3v) is 4.89. The van der Waals surface area contributed by atoms with Crippen LogP contribution in [0.3, 0.4) is 0 Å². The molecule has 2 aromatic carbocycles. The molecule has 0 radical (unpaired) electrons. The van der Waals surface area contributed by atoms with Crippen LogP contribution < -0.4 is 24.2 Å². The molecule has 2 rings (SSSR count). The third kappa shape index (κ3) is 4.87. The largest absolute Gasteiger partial charge is 0.497 e. The van der Waals surface area contributed by atoms with Gasteiger partial charge in [0.15, 0.2) is 0 Å². The summed E-state index contributed by atoms with van der Waals surface area (Å²) in [5.74, 6) is 0.967. The molecule has 26 heavy (non-hydrogen) atoms. The second-order valence-corrected chi connectivity index (χ2v) is 6.88. The van der Waals surface area contributed by atoms with E-state index >= 15 is 0 Å². The minimum atomic E-state index is -3.82. The van der Waals surface area contributed by atoms with E-state index in [1.54, 1.807) is 18.2 Å². The molecule has 0 atom stereocenters. The van der Waals surface area contributed by atoms with Crippen molar-refractivity contribution in [3.8, 4) is 17.2 Å². The molecule has 0 fully saturated rings. The summed E-state index contributed by atoms with van der Waals surface area (Å²) in [7, 11) is 0.639. The Balaban J connectivity index is 2.01. The summed E-state index contributed by atoms with van der Waals surface area (Å²) in [5.41, 5.74) is 0.405. The molecule has 2 aromatic rings. The summed E-state index contributed by atoms with van der Waals surface area (Å²) in [5, 5.41) is 2.59. The van der Waals surface area contributed by atoms with Gasteiger partial charge in [0.2, 0.25) is 15.9 Å². The van der Waals surface area contributed by atoms with E-state index in [-0.39, 0.29) is 4.90 Å². The molecule has 0 aliphatic carbocycles. The van der Waals surface area contributed by atoms with Gasteiger partial charge in [-0.05, 0) is 36.4 Å². The number of anilines is 1. The van der Waals surface area contributed by atoms with Crippen LogP contribution in [0.5, 0.6) is 17.2 Å². The van der Waals surface area contributed by atoms with Crippen LogP contribution in [0, 0.1) is 0 Å². The molecule has 0 bridgehead atoms. The van der Waals surface area contributed by atoms with Crippen LogP contribution in [0.1, 0.15) is 0 Å². The predicted octanol–water partition coefficient (Wildman–Crippen LogP) is 1.63. The quantitative estimate of drug-likeness (QED) is 0.722. The lowest BCUT2D eigenvalue weighted by Gasteiger charge is -2.12. The van der Waals surface area contributed by atoms with Crippen molar-refractivity contribution in [3.63, 3.8) is 0 Å². The number of ether oxygens (including phenoxy) is 3. The van der Waals surface area contributed by atoms with Crippen LogP contribution in [-0.2, 0) is 14.8 Å². The Morgan fingerprint density at radius 1 is 0.923 bits per heavy atom. The maximum atomic E-state index is 12.2. The Morgan fingerprint density at radius 3 is 2.12 bits per heavy atom. The summed E-state index contributed by atoms with van der Waals surface area (Å²) in [6.07, 6.45) is 0. The highest BCUT2D eigenvalue weighted by Crippen LogP contribution is 2.28. The molecule has 0 heterocycles. The van der Waals surface area contributed by atoms with Gasteiger partial charge in [-0.25, -0.2) is 13.1 Å². The zero-order valence-corrected chi connectivity index (χ0v) is 15.4. The summed E-state index contributed by atoms with van der Waals surface area (Å²) in [6, 6.07) is 10.7. The first kappa shape index (κ1) is 19.5. The van der Waals surface area contributed by atoms with E-state index in [1.807, 2.05) is 0 Å². The van der Waals surface area contributed by atoms with E-state index in [4.69, 9.17) is 14.2 Å². The van der Waals surface area contributed by atoms with Crippen molar-refractivity contribution in [1.29, 1.82) is 0 Å². The van der Waals surface area contributed by atoms with Crippen molar-refractivity contribution in [2.45, 2.75) is 4.90 Å². The maximum absolute atomic E-state index is 12.2. The number of benzene rings is 2. The fraction of sp³-hybridized carbons (Fsp3) is 0.235. The van der Waals surface area contributed by atoms with E-state index < -0.39 is 22.5 Å². The molecule has 0 saturated heterocycles. The number of sulfonamides is 1. The average molecular weight is 380 g/mol. The van der Waals surface area contributed by atoms with Gasteiger partial charge >= 0.3 is 0 Å². The summed E-state index contributed by atoms with van der Waals surface area (Å²) >= 11 is 0. The number of nitrogens with one attached hydrogen (secondary N) is 2. The van der Waals surface area contributed by atoms with E-state index in [2.05, 4.69) is 10.0 Å². The zero-order chi connectivity index (χ0) is 19.2. The van der Waals surface area contributed by atoms with E-state index in [9.17, 15) is 13.2 Å². The van der Waals surface area contributed by atoms with Crippen LogP contribution >= 0.6 is 0 Å². The number of amides is 1. The Hall–Kier alpha value is -2.78. The fourth-order valence-electron chi connectivity index (χ4n) is 2.09. The first-order valence-corrected chi connectivity index (χ1v) is 9.03. The number of hydrogen-bond acceptors (Lipinski definition) is 6. The molecular formula is C17H20N2O6S. The highest BCUT2D eigenvalue weighted by atomic mass is 32.2. The SMILES string of the molecule is COc1ccc(S(=O)(=O)NCC(=O)Nc2ccc(OC)cc2OC)cc1. The molecule has 9 heteroatoms. The number of carbonyl (C=O) groups excluding carboxylic acids is 1. The van der Waals surface area contributed by atoms with Crippen molar-refractivity contribution >= 4 is 21.6 Å². The highest BCUT2D eigenvalue weighted by molar-refractivity contribution is 7.89. The monoisotopic (exact) mass is 380 g/mol. The average Bonchev–Trinajstić information content (AvgIpc) is 2.66. The maximum Gasteiger partial charge on any atom is 0.241 e. The van der Waals surface area contributed by atoms with Gasteiger partial charge in [0, 0.05) is 6.07 Å². The van der Waals surface area contributed by atoms with E-state index in [0.717, 1.165) is 0 Å². The van der Waals surface area contributed by atoms with Crippen molar-refractivity contribution in [1.82, 2.24) is 4.72 Å². The molecule has 1 amide bonds. The molecule has 0 unspecified atom stereocenters. The van der Waals surface area contributed by atoms with Crippen LogP contribution in [0.2, 0.25) is 0 Å². The van der Waals surface area contributed by atoms with Gasteiger partial charge in [-0.15, -0.1) is 0 Å². The molecule has 0 aromatic heterocycles. The van der Waals surface area contributed by atoms with Crippen molar-refractivity contribution in [3.05, 3.63) is 42.5 Å². The molecule has 0 aliphatic heterocycles. The van der Waals surface area contributed by atoms with Gasteiger partial charge in [0.1, 0.15) is 17.2 Å². The smallest absolute Gasteiger partial charge is 0.241 e. The summed E-state index contributed by atoms with van der Waals surface area (Å²) in [6.45, 7) is -0.427. The number of rotatable bonds is 8. The standard InChI is InChI=1S/C17H20N2O6S/c1-23-12-4-7-14(8-5-12)26(21,22)18-11-17(20)19-15-9-6-13(24-2)10-16(15)25-3/h4-10,18H,11H2,1-3H3,(H,19,20). The minimum absolute atomic E-state index is 0.0353. The predicted molar refractivity (Wildman–Crippen MR) is 96.4 cm³/mol. The lowest BCUT2D eigenvalue weighted by molar-refractivity contribution is -0.115. The Kier molecular flexibility index (Phi) is 6.42. The van der Waals surface area contributed by atoms with Crippen molar-refractivity contribution in [2.75, 3.05) is 33.2 Å². The highest BCUT2D eigenvalue weighted by Gasteiger charge is 2.16. The summed E-state index contributed by atoms with van der Waals surface area (Å²) in [4.78, 5) is 12.1. The zero-order valence-electron chi connectivity index (χ0n) is 14.6. The van der Waals surface area contributed by atoms with Gasteiger partial charge in [-0.2, -0.15) is 0 Å². The second kappa shape index (κ2) is 8.54. The van der Waals surface area contributed by atoms with Gasteiger partial charge < -0.3 is 19.5 Å². The first-order chi connectivity index (χ1) is 12.4. The summed E-state index contributed by atoms with van der Waals surface area (Å²) < 4.78 is 41.9. The Morgan fingerprint density at radius 2 is 1.54 bits per heavy atom. The Labute approximate surface area is 152 Å².